The molecule has 0 bridgehead atoms. The number of anilines is 1. The van der Waals surface area contributed by atoms with E-state index in [2.05, 4.69) is 0 Å². The molecular weight excluding hydrogens is 487 g/mol. The number of ketones is 2. The van der Waals surface area contributed by atoms with Crippen LogP contribution >= 0.6 is 11.6 Å². The van der Waals surface area contributed by atoms with Crippen LogP contribution in [0.4, 0.5) is 18.9 Å². The number of hydrogen-bond acceptors (Lipinski definition) is 5. The molecule has 2 aliphatic rings. The predicted molar refractivity (Wildman–Crippen MR) is 123 cm³/mol. The summed E-state index contributed by atoms with van der Waals surface area (Å²) in [7, 11) is 0. The van der Waals surface area contributed by atoms with Gasteiger partial charge in [-0.25, -0.2) is 0 Å². The molecule has 1 aliphatic carbocycles. The van der Waals surface area contributed by atoms with Crippen molar-refractivity contribution in [1.29, 1.82) is 0 Å². The second kappa shape index (κ2) is 11.2. The largest absolute Gasteiger partial charge is 0.418 e. The predicted octanol–water partition coefficient (Wildman–Crippen LogP) is 4.97. The number of ether oxygens (including phenoxy) is 1. The van der Waals surface area contributed by atoms with Gasteiger partial charge in [-0.05, 0) is 43.7 Å². The fourth-order valence-corrected chi connectivity index (χ4v) is 5.17. The smallest absolute Gasteiger partial charge is 0.382 e. The van der Waals surface area contributed by atoms with Crippen molar-refractivity contribution < 1.29 is 37.1 Å². The van der Waals surface area contributed by atoms with Crippen LogP contribution in [0.15, 0.2) is 12.1 Å². The van der Waals surface area contributed by atoms with Crippen molar-refractivity contribution in [3.05, 3.63) is 28.3 Å². The van der Waals surface area contributed by atoms with E-state index in [4.69, 9.17) is 16.3 Å². The Bertz CT molecular complexity index is 976. The van der Waals surface area contributed by atoms with Gasteiger partial charge in [-0.15, -0.1) is 0 Å². The Morgan fingerprint density at radius 2 is 1.83 bits per heavy atom. The van der Waals surface area contributed by atoms with Crippen LogP contribution in [0.1, 0.15) is 63.0 Å². The van der Waals surface area contributed by atoms with Crippen molar-refractivity contribution in [2.75, 3.05) is 24.7 Å². The van der Waals surface area contributed by atoms with Crippen molar-refractivity contribution in [1.82, 2.24) is 0 Å². The maximum Gasteiger partial charge on any atom is 0.418 e. The molecule has 1 saturated carbocycles. The Labute approximate surface area is 207 Å². The highest BCUT2D eigenvalue weighted by Gasteiger charge is 2.50. The van der Waals surface area contributed by atoms with E-state index in [1.807, 2.05) is 6.92 Å². The third kappa shape index (κ3) is 5.77. The van der Waals surface area contributed by atoms with Crippen molar-refractivity contribution in [2.24, 2.45) is 11.3 Å². The monoisotopic (exact) mass is 515 g/mol. The van der Waals surface area contributed by atoms with E-state index in [1.165, 1.54) is 0 Å². The summed E-state index contributed by atoms with van der Waals surface area (Å²) in [6.45, 7) is 2.79. The van der Waals surface area contributed by atoms with E-state index in [0.29, 0.717) is 45.2 Å². The summed E-state index contributed by atoms with van der Waals surface area (Å²) in [5, 5.41) is -0.365. The zero-order valence-corrected chi connectivity index (χ0v) is 20.3. The van der Waals surface area contributed by atoms with Gasteiger partial charge in [0.05, 0.1) is 16.3 Å². The zero-order valence-electron chi connectivity index (χ0n) is 19.6. The van der Waals surface area contributed by atoms with Gasteiger partial charge < -0.3 is 14.4 Å². The van der Waals surface area contributed by atoms with E-state index >= 15 is 0 Å². The molecular formula is C25H29ClF3NO5. The molecule has 0 N–H and O–H groups in total. The summed E-state index contributed by atoms with van der Waals surface area (Å²) in [5.74, 6) is -1.88. The fraction of sp³-hybridized carbons (Fsp3) is 0.600. The molecule has 2 fully saturated rings. The molecule has 0 radical (unpaired) electrons. The first-order valence-corrected chi connectivity index (χ1v) is 12.2. The van der Waals surface area contributed by atoms with Crippen LogP contribution in [0, 0.1) is 11.3 Å². The van der Waals surface area contributed by atoms with Crippen molar-refractivity contribution in [3.8, 4) is 0 Å². The number of nitrogens with zero attached hydrogens (tertiary/aromatic N) is 1. The zero-order chi connectivity index (χ0) is 25.8. The van der Waals surface area contributed by atoms with Crippen molar-refractivity contribution in [3.63, 3.8) is 0 Å². The van der Waals surface area contributed by atoms with Crippen LogP contribution in [0.5, 0.6) is 0 Å². The summed E-state index contributed by atoms with van der Waals surface area (Å²) < 4.78 is 46.9. The van der Waals surface area contributed by atoms with Gasteiger partial charge in [0.15, 0.2) is 11.6 Å². The van der Waals surface area contributed by atoms with Crippen molar-refractivity contribution in [2.45, 2.75) is 64.5 Å². The number of alkyl halides is 3. The number of halogens is 4. The first-order valence-electron chi connectivity index (χ1n) is 11.8. The Balaban J connectivity index is 1.99. The molecule has 0 spiro atoms. The average Bonchev–Trinajstić information content (AvgIpc) is 3.01. The minimum absolute atomic E-state index is 0.00667. The molecule has 0 unspecified atom stereocenters. The van der Waals surface area contributed by atoms with Crippen molar-refractivity contribution >= 4 is 41.0 Å². The molecule has 1 heterocycles. The molecule has 192 valence electrons. The van der Waals surface area contributed by atoms with Crippen LogP contribution < -0.4 is 4.90 Å². The topological polar surface area (TPSA) is 80.8 Å². The number of Topliss-reactive ketones (excluding diaryl/α,β-unsaturated/α-hetero) is 2. The van der Waals surface area contributed by atoms with E-state index in [9.17, 15) is 32.3 Å². The molecule has 6 nitrogen and oxygen atoms in total. The van der Waals surface area contributed by atoms with Crippen LogP contribution in [0.25, 0.3) is 0 Å². The molecule has 10 heteroatoms. The summed E-state index contributed by atoms with van der Waals surface area (Å²) in [6.07, 6.45) is -2.59. The second-order valence-corrected chi connectivity index (χ2v) is 9.54. The first-order chi connectivity index (χ1) is 16.5. The normalized spacial score (nSPS) is 24.0. The van der Waals surface area contributed by atoms with Crippen LogP contribution in [-0.4, -0.2) is 43.5 Å². The lowest BCUT2D eigenvalue weighted by Crippen LogP contribution is -2.48. The number of aldehydes is 1. The summed E-state index contributed by atoms with van der Waals surface area (Å²) in [6, 6.07) is 1.89. The Morgan fingerprint density at radius 3 is 2.43 bits per heavy atom. The number of benzene rings is 1. The third-order valence-corrected chi connectivity index (χ3v) is 7.25. The highest BCUT2D eigenvalue weighted by atomic mass is 35.5. The number of carbonyl (C=O) groups excluding carboxylic acids is 4. The minimum Gasteiger partial charge on any atom is -0.382 e. The van der Waals surface area contributed by atoms with Crippen LogP contribution in [-0.2, 0) is 36.5 Å². The molecule has 35 heavy (non-hydrogen) atoms. The van der Waals surface area contributed by atoms with E-state index in [1.54, 1.807) is 0 Å². The maximum atomic E-state index is 13.9. The molecule has 1 aliphatic heterocycles. The summed E-state index contributed by atoms with van der Waals surface area (Å²) in [4.78, 5) is 51.9. The van der Waals surface area contributed by atoms with E-state index < -0.39 is 46.7 Å². The maximum absolute atomic E-state index is 13.9. The van der Waals surface area contributed by atoms with Crippen LogP contribution in [0.3, 0.4) is 0 Å². The quantitative estimate of drug-likeness (QED) is 0.277. The van der Waals surface area contributed by atoms with E-state index in [0.717, 1.165) is 17.0 Å². The van der Waals surface area contributed by atoms with Gasteiger partial charge in [0, 0.05) is 45.4 Å². The fourth-order valence-electron chi connectivity index (χ4n) is 4.84. The number of rotatable bonds is 8. The SMILES string of the molecule is CCOCCC1CC(=O)C(C=O)(Cc2ccc(C(F)(F)F)c(N3CCCCCC3=O)c2Cl)C(=O)C1. The first kappa shape index (κ1) is 27.3. The van der Waals surface area contributed by atoms with Gasteiger partial charge >= 0.3 is 6.18 Å². The van der Waals surface area contributed by atoms with Gasteiger partial charge in [0.25, 0.3) is 0 Å². The van der Waals surface area contributed by atoms with Gasteiger partial charge in [-0.1, -0.05) is 24.1 Å². The lowest BCUT2D eigenvalue weighted by molar-refractivity contribution is -0.149. The minimum atomic E-state index is -4.78. The Hall–Kier alpha value is -2.26. The highest BCUT2D eigenvalue weighted by molar-refractivity contribution is 6.35. The number of carbonyl (C=O) groups is 4. The lowest BCUT2D eigenvalue weighted by atomic mass is 9.66. The summed E-state index contributed by atoms with van der Waals surface area (Å²) in [5.41, 5.74) is -3.51. The molecule has 0 atom stereocenters. The molecule has 3 rings (SSSR count). The number of hydrogen-bond donors (Lipinski definition) is 0. The van der Waals surface area contributed by atoms with Gasteiger partial charge in [-0.3, -0.25) is 14.4 Å². The van der Waals surface area contributed by atoms with Gasteiger partial charge in [0.2, 0.25) is 5.91 Å². The molecule has 1 saturated heterocycles. The third-order valence-electron chi connectivity index (χ3n) is 6.83. The molecule has 1 aromatic carbocycles. The van der Waals surface area contributed by atoms with Gasteiger partial charge in [-0.2, -0.15) is 13.2 Å². The second-order valence-electron chi connectivity index (χ2n) is 9.16. The lowest BCUT2D eigenvalue weighted by Gasteiger charge is -2.34. The van der Waals surface area contributed by atoms with E-state index in [-0.39, 0.29) is 42.3 Å². The molecule has 1 amide bonds. The van der Waals surface area contributed by atoms with Crippen LogP contribution in [0.2, 0.25) is 5.02 Å². The number of amides is 1. The summed E-state index contributed by atoms with van der Waals surface area (Å²) >= 11 is 6.47. The highest BCUT2D eigenvalue weighted by Crippen LogP contribution is 2.45. The molecule has 1 aromatic rings. The Morgan fingerprint density at radius 1 is 1.14 bits per heavy atom. The van der Waals surface area contributed by atoms with Gasteiger partial charge in [0.1, 0.15) is 11.7 Å². The average molecular weight is 516 g/mol. The Kier molecular flexibility index (Phi) is 8.75. The standard InChI is InChI=1S/C25H29ClF3NO5/c1-2-35-11-9-16-12-19(32)24(15-31,20(33)13-16)14-17-7-8-18(25(27,28)29)23(22(17)26)30-10-5-3-4-6-21(30)34/h7-8,15-16H,2-6,9-14H2,1H3. The molecule has 0 aromatic heterocycles.